The summed E-state index contributed by atoms with van der Waals surface area (Å²) in [5.74, 6) is 0.934. The second-order valence-electron chi connectivity index (χ2n) is 6.44. The van der Waals surface area contributed by atoms with Gasteiger partial charge < -0.3 is 15.5 Å². The Kier molecular flexibility index (Phi) is 7.55. The van der Waals surface area contributed by atoms with E-state index >= 15 is 0 Å². The average Bonchev–Trinajstić information content (AvgIpc) is 3.04. The molecule has 2 rings (SSSR count). The first kappa shape index (κ1) is 19.6. The fourth-order valence-electron chi connectivity index (χ4n) is 3.00. The van der Waals surface area contributed by atoms with E-state index in [0.717, 1.165) is 39.0 Å². The highest BCUT2D eigenvalue weighted by atomic mass is 19.4. The lowest BCUT2D eigenvalue weighted by Gasteiger charge is -2.18. The van der Waals surface area contributed by atoms with Gasteiger partial charge in [-0.25, -0.2) is 0 Å². The van der Waals surface area contributed by atoms with Crippen molar-refractivity contribution in [2.45, 2.75) is 25.4 Å². The van der Waals surface area contributed by atoms with E-state index in [2.05, 4.69) is 44.8 Å². The highest BCUT2D eigenvalue weighted by Crippen LogP contribution is 2.18. The van der Waals surface area contributed by atoms with Crippen molar-refractivity contribution in [2.75, 3.05) is 39.8 Å². The molecule has 1 heterocycles. The highest BCUT2D eigenvalue weighted by Gasteiger charge is 2.26. The number of rotatable bonds is 7. The van der Waals surface area contributed by atoms with Crippen molar-refractivity contribution >= 4 is 5.96 Å². The molecule has 0 saturated carbocycles. The van der Waals surface area contributed by atoms with Crippen molar-refractivity contribution in [2.24, 2.45) is 10.9 Å². The Morgan fingerprint density at radius 2 is 2.00 bits per heavy atom. The van der Waals surface area contributed by atoms with Crippen LogP contribution < -0.4 is 10.6 Å². The molecular formula is C18H27F3N4. The lowest BCUT2D eigenvalue weighted by molar-refractivity contribution is -0.132. The van der Waals surface area contributed by atoms with Crippen molar-refractivity contribution in [3.63, 3.8) is 0 Å². The number of aliphatic imine (C=N–C) groups is 1. The molecule has 1 aromatic carbocycles. The average molecular weight is 356 g/mol. The van der Waals surface area contributed by atoms with Gasteiger partial charge in [0, 0.05) is 33.2 Å². The topological polar surface area (TPSA) is 39.7 Å². The van der Waals surface area contributed by atoms with E-state index in [9.17, 15) is 13.2 Å². The van der Waals surface area contributed by atoms with Crippen LogP contribution in [0.3, 0.4) is 0 Å². The lowest BCUT2D eigenvalue weighted by atomic mass is 10.1. The minimum absolute atomic E-state index is 0.156. The van der Waals surface area contributed by atoms with Gasteiger partial charge in [0.05, 0.1) is 6.42 Å². The minimum Gasteiger partial charge on any atom is -0.356 e. The maximum absolute atomic E-state index is 12.2. The van der Waals surface area contributed by atoms with Gasteiger partial charge in [-0.1, -0.05) is 30.3 Å². The Labute approximate surface area is 147 Å². The van der Waals surface area contributed by atoms with Crippen LogP contribution in [0, 0.1) is 5.92 Å². The Morgan fingerprint density at radius 1 is 1.24 bits per heavy atom. The molecule has 25 heavy (non-hydrogen) atoms. The van der Waals surface area contributed by atoms with Crippen LogP contribution in [0.25, 0.3) is 0 Å². The number of halogens is 3. The van der Waals surface area contributed by atoms with Crippen LogP contribution in [-0.4, -0.2) is 56.8 Å². The van der Waals surface area contributed by atoms with Crippen molar-refractivity contribution < 1.29 is 13.2 Å². The summed E-state index contributed by atoms with van der Waals surface area (Å²) < 4.78 is 36.5. The van der Waals surface area contributed by atoms with Gasteiger partial charge in [-0.3, -0.25) is 4.99 Å². The Hall–Kier alpha value is -1.76. The molecule has 0 bridgehead atoms. The molecule has 1 aromatic rings. The van der Waals surface area contributed by atoms with Crippen LogP contribution in [0.1, 0.15) is 18.4 Å². The monoisotopic (exact) mass is 356 g/mol. The number of guanidine groups is 1. The van der Waals surface area contributed by atoms with Crippen molar-refractivity contribution in [3.8, 4) is 0 Å². The minimum atomic E-state index is -4.14. The van der Waals surface area contributed by atoms with E-state index in [1.807, 2.05) is 6.07 Å². The summed E-state index contributed by atoms with van der Waals surface area (Å²) in [6.45, 7) is 3.70. The van der Waals surface area contributed by atoms with Crippen LogP contribution in [0.5, 0.6) is 0 Å². The van der Waals surface area contributed by atoms with E-state index in [1.54, 1.807) is 7.05 Å². The number of nitrogens with one attached hydrogen (secondary N) is 2. The van der Waals surface area contributed by atoms with Gasteiger partial charge in [-0.2, -0.15) is 13.2 Å². The molecule has 1 atom stereocenters. The second-order valence-corrected chi connectivity index (χ2v) is 6.44. The van der Waals surface area contributed by atoms with E-state index in [1.165, 1.54) is 5.56 Å². The largest absolute Gasteiger partial charge is 0.390 e. The summed E-state index contributed by atoms with van der Waals surface area (Å²) >= 11 is 0. The summed E-state index contributed by atoms with van der Waals surface area (Å²) in [4.78, 5) is 6.42. The summed E-state index contributed by atoms with van der Waals surface area (Å²) in [6.07, 6.45) is -2.86. The number of nitrogens with zero attached hydrogens (tertiary/aromatic N) is 2. The summed E-state index contributed by atoms with van der Waals surface area (Å²) in [5, 5.41) is 5.85. The number of hydrogen-bond acceptors (Lipinski definition) is 2. The van der Waals surface area contributed by atoms with Crippen LogP contribution in [0.15, 0.2) is 35.3 Å². The van der Waals surface area contributed by atoms with Gasteiger partial charge in [-0.05, 0) is 30.9 Å². The zero-order valence-electron chi connectivity index (χ0n) is 14.6. The zero-order chi connectivity index (χ0) is 18.1. The number of hydrogen-bond donors (Lipinski definition) is 2. The molecule has 4 nitrogen and oxygen atoms in total. The smallest absolute Gasteiger partial charge is 0.356 e. The van der Waals surface area contributed by atoms with Crippen molar-refractivity contribution in [1.29, 1.82) is 0 Å². The molecule has 1 aliphatic heterocycles. The highest BCUT2D eigenvalue weighted by molar-refractivity contribution is 5.79. The predicted molar refractivity (Wildman–Crippen MR) is 94.7 cm³/mol. The SMILES string of the molecule is CN=C(NCCC(F)(F)F)NCC1CCN(CCc2ccccc2)C1. The van der Waals surface area contributed by atoms with Crippen LogP contribution in [0.2, 0.25) is 0 Å². The van der Waals surface area contributed by atoms with E-state index in [0.29, 0.717) is 11.9 Å². The van der Waals surface area contributed by atoms with Crippen LogP contribution in [-0.2, 0) is 6.42 Å². The molecule has 2 N–H and O–H groups in total. The number of alkyl halides is 3. The van der Waals surface area contributed by atoms with E-state index in [-0.39, 0.29) is 6.54 Å². The normalized spacial score (nSPS) is 19.2. The van der Waals surface area contributed by atoms with Gasteiger partial charge in [0.25, 0.3) is 0 Å². The maximum Gasteiger partial charge on any atom is 0.390 e. The maximum atomic E-state index is 12.2. The third-order valence-electron chi connectivity index (χ3n) is 4.41. The second kappa shape index (κ2) is 9.65. The first-order valence-electron chi connectivity index (χ1n) is 8.74. The summed E-state index contributed by atoms with van der Waals surface area (Å²) in [7, 11) is 1.57. The molecule has 0 amide bonds. The van der Waals surface area contributed by atoms with Gasteiger partial charge in [0.15, 0.2) is 5.96 Å². The first-order valence-corrected chi connectivity index (χ1v) is 8.74. The molecule has 1 saturated heterocycles. The fraction of sp³-hybridized carbons (Fsp3) is 0.611. The number of likely N-dealkylation sites (tertiary alicyclic amines) is 1. The molecule has 0 spiro atoms. The summed E-state index contributed by atoms with van der Waals surface area (Å²) in [5.41, 5.74) is 1.35. The third kappa shape index (κ3) is 7.77. The predicted octanol–water partition coefficient (Wildman–Crippen LogP) is 2.67. The van der Waals surface area contributed by atoms with Gasteiger partial charge in [-0.15, -0.1) is 0 Å². The Balaban J connectivity index is 1.63. The van der Waals surface area contributed by atoms with Gasteiger partial charge in [0.1, 0.15) is 0 Å². The van der Waals surface area contributed by atoms with Crippen molar-refractivity contribution in [1.82, 2.24) is 15.5 Å². The third-order valence-corrected chi connectivity index (χ3v) is 4.41. The molecule has 7 heteroatoms. The summed E-state index contributed by atoms with van der Waals surface area (Å²) in [6, 6.07) is 10.4. The van der Waals surface area contributed by atoms with Crippen LogP contribution >= 0.6 is 0 Å². The van der Waals surface area contributed by atoms with E-state index < -0.39 is 12.6 Å². The molecule has 0 aromatic heterocycles. The Morgan fingerprint density at radius 3 is 2.68 bits per heavy atom. The van der Waals surface area contributed by atoms with Crippen LogP contribution in [0.4, 0.5) is 13.2 Å². The van der Waals surface area contributed by atoms with Gasteiger partial charge >= 0.3 is 6.18 Å². The number of benzene rings is 1. The molecule has 0 radical (unpaired) electrons. The quantitative estimate of drug-likeness (QED) is 0.583. The first-order chi connectivity index (χ1) is 12.0. The molecular weight excluding hydrogens is 329 g/mol. The van der Waals surface area contributed by atoms with Gasteiger partial charge in [0.2, 0.25) is 0 Å². The van der Waals surface area contributed by atoms with Crippen molar-refractivity contribution in [3.05, 3.63) is 35.9 Å². The Bertz CT molecular complexity index is 531. The standard InChI is InChI=1S/C18H27F3N4/c1-22-17(23-10-9-18(19,20)21)24-13-16-8-12-25(14-16)11-7-15-5-3-2-4-6-15/h2-6,16H,7-14H2,1H3,(H2,22,23,24). The van der Waals surface area contributed by atoms with E-state index in [4.69, 9.17) is 0 Å². The molecule has 1 aliphatic rings. The molecule has 140 valence electrons. The lowest BCUT2D eigenvalue weighted by Crippen LogP contribution is -2.41. The molecule has 1 unspecified atom stereocenters. The fourth-order valence-corrected chi connectivity index (χ4v) is 3.00. The molecule has 1 fully saturated rings. The molecule has 0 aliphatic carbocycles. The zero-order valence-corrected chi connectivity index (χ0v) is 14.6.